The minimum atomic E-state index is -1.07. The summed E-state index contributed by atoms with van der Waals surface area (Å²) >= 11 is 0. The number of oxazole rings is 1. The number of hydrogen-bond donors (Lipinski definition) is 1. The third-order valence-corrected chi connectivity index (χ3v) is 5.03. The molecule has 1 amide bonds. The Bertz CT molecular complexity index is 1130. The highest BCUT2D eigenvalue weighted by molar-refractivity contribution is 6.00. The molecule has 6 nitrogen and oxygen atoms in total. The van der Waals surface area contributed by atoms with E-state index >= 15 is 0 Å². The predicted molar refractivity (Wildman–Crippen MR) is 96.2 cm³/mol. The van der Waals surface area contributed by atoms with Gasteiger partial charge in [0, 0.05) is 30.1 Å². The fraction of sp³-hybridized carbons (Fsp3) is 0.250. The first kappa shape index (κ1) is 18.1. The molecule has 0 saturated carbocycles. The predicted octanol–water partition coefficient (Wildman–Crippen LogP) is 3.13. The van der Waals surface area contributed by atoms with Gasteiger partial charge in [-0.25, -0.2) is 13.6 Å². The SMILES string of the molecule is O=C(c1ccc2[nH]c(=O)oc2c1)C1CCN(C(=O)c2ccc(F)c(F)c2)CC1. The molecule has 0 bridgehead atoms. The molecule has 1 aromatic heterocycles. The minimum Gasteiger partial charge on any atom is -0.408 e. The van der Waals surface area contributed by atoms with Crippen LogP contribution in [0, 0.1) is 17.6 Å². The monoisotopic (exact) mass is 386 g/mol. The standard InChI is InChI=1S/C20H16F2N2O4/c21-14-3-1-13(9-15(14)22)19(26)24-7-5-11(6-8-24)18(25)12-2-4-16-17(10-12)28-20(27)23-16/h1-4,9-11H,5-8H2,(H,23,27). The Balaban J connectivity index is 1.43. The molecule has 0 atom stereocenters. The molecule has 8 heteroatoms. The Morgan fingerprint density at radius 1 is 1.00 bits per heavy atom. The number of fused-ring (bicyclic) bond motifs is 1. The number of nitrogens with one attached hydrogen (secondary N) is 1. The van der Waals surface area contributed by atoms with Crippen LogP contribution in [0.4, 0.5) is 8.78 Å². The highest BCUT2D eigenvalue weighted by Crippen LogP contribution is 2.24. The molecule has 2 heterocycles. The quantitative estimate of drug-likeness (QED) is 0.701. The second kappa shape index (κ2) is 7.03. The highest BCUT2D eigenvalue weighted by atomic mass is 19.2. The lowest BCUT2D eigenvalue weighted by atomic mass is 9.88. The third-order valence-electron chi connectivity index (χ3n) is 5.03. The summed E-state index contributed by atoms with van der Waals surface area (Å²) in [6, 6.07) is 7.85. The van der Waals surface area contributed by atoms with Crippen LogP contribution < -0.4 is 5.76 Å². The van der Waals surface area contributed by atoms with Crippen molar-refractivity contribution in [3.63, 3.8) is 0 Å². The number of rotatable bonds is 3. The molecule has 0 aliphatic carbocycles. The second-order valence-electron chi connectivity index (χ2n) is 6.79. The molecular weight excluding hydrogens is 370 g/mol. The van der Waals surface area contributed by atoms with E-state index in [1.165, 1.54) is 17.0 Å². The number of hydrogen-bond acceptors (Lipinski definition) is 4. The maximum absolute atomic E-state index is 13.4. The molecule has 1 N–H and O–H groups in total. The summed E-state index contributed by atoms with van der Waals surface area (Å²) in [6.45, 7) is 0.686. The molecule has 0 radical (unpaired) electrons. The van der Waals surface area contributed by atoms with Crippen molar-refractivity contribution in [1.82, 2.24) is 9.88 Å². The van der Waals surface area contributed by atoms with Gasteiger partial charge in [-0.3, -0.25) is 14.6 Å². The van der Waals surface area contributed by atoms with Crippen LogP contribution in [0.2, 0.25) is 0 Å². The van der Waals surface area contributed by atoms with Crippen LogP contribution in [0.15, 0.2) is 45.6 Å². The van der Waals surface area contributed by atoms with E-state index < -0.39 is 17.4 Å². The largest absolute Gasteiger partial charge is 0.417 e. The normalized spacial score (nSPS) is 15.1. The van der Waals surface area contributed by atoms with Crippen molar-refractivity contribution in [2.24, 2.45) is 5.92 Å². The van der Waals surface area contributed by atoms with Gasteiger partial charge in [-0.15, -0.1) is 0 Å². The second-order valence-corrected chi connectivity index (χ2v) is 6.79. The lowest BCUT2D eigenvalue weighted by molar-refractivity contribution is 0.0650. The van der Waals surface area contributed by atoms with Gasteiger partial charge in [0.1, 0.15) is 0 Å². The van der Waals surface area contributed by atoms with E-state index in [1.54, 1.807) is 12.1 Å². The fourth-order valence-electron chi connectivity index (χ4n) is 3.49. The zero-order valence-corrected chi connectivity index (χ0v) is 14.7. The number of piperidine rings is 1. The number of carbonyl (C=O) groups excluding carboxylic acids is 2. The van der Waals surface area contributed by atoms with E-state index in [0.29, 0.717) is 42.6 Å². The Morgan fingerprint density at radius 3 is 2.43 bits per heavy atom. The molecule has 0 unspecified atom stereocenters. The Labute approximate surface area is 157 Å². The molecule has 3 aromatic rings. The fourth-order valence-corrected chi connectivity index (χ4v) is 3.49. The van der Waals surface area contributed by atoms with Crippen LogP contribution in [0.5, 0.6) is 0 Å². The van der Waals surface area contributed by atoms with E-state index in [4.69, 9.17) is 4.42 Å². The summed E-state index contributed by atoms with van der Waals surface area (Å²) in [7, 11) is 0. The first-order valence-corrected chi connectivity index (χ1v) is 8.84. The van der Waals surface area contributed by atoms with E-state index in [9.17, 15) is 23.2 Å². The van der Waals surface area contributed by atoms with E-state index in [2.05, 4.69) is 4.98 Å². The molecule has 144 valence electrons. The van der Waals surface area contributed by atoms with Gasteiger partial charge in [0.05, 0.1) is 5.52 Å². The Hall–Kier alpha value is -3.29. The van der Waals surface area contributed by atoms with Gasteiger partial charge in [0.2, 0.25) is 0 Å². The maximum atomic E-state index is 13.4. The zero-order valence-electron chi connectivity index (χ0n) is 14.7. The smallest absolute Gasteiger partial charge is 0.408 e. The van der Waals surface area contributed by atoms with Crippen LogP contribution in [0.1, 0.15) is 33.6 Å². The molecule has 1 fully saturated rings. The van der Waals surface area contributed by atoms with Crippen molar-refractivity contribution in [3.8, 4) is 0 Å². The van der Waals surface area contributed by atoms with E-state index in [-0.39, 0.29) is 23.2 Å². The number of ketones is 1. The van der Waals surface area contributed by atoms with Crippen LogP contribution in [0.3, 0.4) is 0 Å². The van der Waals surface area contributed by atoms with Crippen molar-refractivity contribution in [1.29, 1.82) is 0 Å². The molecule has 1 aliphatic rings. The number of H-pyrrole nitrogens is 1. The van der Waals surface area contributed by atoms with E-state index in [0.717, 1.165) is 12.1 Å². The Morgan fingerprint density at radius 2 is 1.71 bits per heavy atom. The van der Waals surface area contributed by atoms with Gasteiger partial charge in [-0.2, -0.15) is 0 Å². The number of nitrogens with zero attached hydrogens (tertiary/aromatic N) is 1. The Kier molecular flexibility index (Phi) is 4.54. The van der Waals surface area contributed by atoms with Crippen molar-refractivity contribution in [2.75, 3.05) is 13.1 Å². The summed E-state index contributed by atoms with van der Waals surface area (Å²) < 4.78 is 31.4. The number of benzene rings is 2. The average molecular weight is 386 g/mol. The van der Waals surface area contributed by atoms with Gasteiger partial charge in [0.25, 0.3) is 5.91 Å². The van der Waals surface area contributed by atoms with Crippen LogP contribution in [-0.4, -0.2) is 34.7 Å². The number of Topliss-reactive ketones (excluding diaryl/α,β-unsaturated/α-hetero) is 1. The average Bonchev–Trinajstić information content (AvgIpc) is 3.08. The first-order valence-electron chi connectivity index (χ1n) is 8.84. The van der Waals surface area contributed by atoms with Gasteiger partial charge >= 0.3 is 5.76 Å². The van der Waals surface area contributed by atoms with Gasteiger partial charge in [-0.1, -0.05) is 0 Å². The highest BCUT2D eigenvalue weighted by Gasteiger charge is 2.29. The molecule has 1 saturated heterocycles. The summed E-state index contributed by atoms with van der Waals surface area (Å²) in [5.74, 6) is -3.38. The van der Waals surface area contributed by atoms with Gasteiger partial charge in [-0.05, 0) is 49.2 Å². The van der Waals surface area contributed by atoms with Crippen molar-refractivity contribution >= 4 is 22.8 Å². The number of aromatic nitrogens is 1. The van der Waals surface area contributed by atoms with Crippen molar-refractivity contribution in [2.45, 2.75) is 12.8 Å². The summed E-state index contributed by atoms with van der Waals surface area (Å²) in [4.78, 5) is 40.5. The van der Waals surface area contributed by atoms with Crippen molar-refractivity contribution in [3.05, 3.63) is 69.7 Å². The number of halogens is 2. The molecule has 2 aromatic carbocycles. The lowest BCUT2D eigenvalue weighted by Gasteiger charge is -2.31. The number of carbonyl (C=O) groups is 2. The third kappa shape index (κ3) is 3.33. The number of aromatic amines is 1. The van der Waals surface area contributed by atoms with Crippen LogP contribution in [-0.2, 0) is 0 Å². The minimum absolute atomic E-state index is 0.0781. The molecule has 0 spiro atoms. The van der Waals surface area contributed by atoms with Crippen LogP contribution >= 0.6 is 0 Å². The molecular formula is C20H16F2N2O4. The zero-order chi connectivity index (χ0) is 19.8. The maximum Gasteiger partial charge on any atom is 0.417 e. The molecule has 4 rings (SSSR count). The summed E-state index contributed by atoms with van der Waals surface area (Å²) in [5, 5.41) is 0. The summed E-state index contributed by atoms with van der Waals surface area (Å²) in [6.07, 6.45) is 0.923. The van der Waals surface area contributed by atoms with Gasteiger partial charge < -0.3 is 9.32 Å². The molecule has 1 aliphatic heterocycles. The lowest BCUT2D eigenvalue weighted by Crippen LogP contribution is -2.40. The number of likely N-dealkylation sites (tertiary alicyclic amines) is 1. The topological polar surface area (TPSA) is 83.4 Å². The van der Waals surface area contributed by atoms with Crippen LogP contribution in [0.25, 0.3) is 11.1 Å². The molecule has 28 heavy (non-hydrogen) atoms. The first-order chi connectivity index (χ1) is 13.4. The van der Waals surface area contributed by atoms with Crippen molar-refractivity contribution < 1.29 is 22.8 Å². The van der Waals surface area contributed by atoms with E-state index in [1.807, 2.05) is 0 Å². The van der Waals surface area contributed by atoms with Gasteiger partial charge in [0.15, 0.2) is 23.0 Å². The summed E-state index contributed by atoms with van der Waals surface area (Å²) in [5.41, 5.74) is 1.37. The number of amides is 1.